The minimum Gasteiger partial charge on any atom is -0.309 e. The van der Waals surface area contributed by atoms with Gasteiger partial charge in [0, 0.05) is 19.0 Å². The third-order valence-electron chi connectivity index (χ3n) is 1.71. The lowest BCUT2D eigenvalue weighted by molar-refractivity contribution is -0.115. The van der Waals surface area contributed by atoms with E-state index in [-0.39, 0.29) is 5.91 Å². The summed E-state index contributed by atoms with van der Waals surface area (Å²) in [6.07, 6.45) is 0.468. The average molecular weight is 196 g/mol. The molecule has 5 nitrogen and oxygen atoms in total. The fraction of sp³-hybridized carbons (Fsp3) is 0.556. The molecule has 1 aromatic rings. The number of nitrogens with one attached hydrogen (secondary N) is 2. The maximum atomic E-state index is 11.0. The Labute approximate surface area is 83.5 Å². The van der Waals surface area contributed by atoms with Gasteiger partial charge in [0.25, 0.3) is 0 Å². The fourth-order valence-electron chi connectivity index (χ4n) is 1.08. The first-order valence-corrected chi connectivity index (χ1v) is 4.60. The number of hydrogen-bond acceptors (Lipinski definition) is 3. The predicted octanol–water partition coefficient (Wildman–Crippen LogP) is 0.820. The van der Waals surface area contributed by atoms with Crippen LogP contribution in [0.2, 0.25) is 0 Å². The second-order valence-electron chi connectivity index (χ2n) is 3.42. The van der Waals surface area contributed by atoms with Gasteiger partial charge in [-0.3, -0.25) is 9.89 Å². The summed E-state index contributed by atoms with van der Waals surface area (Å²) in [6.45, 7) is 2.59. The molecule has 0 aromatic carbocycles. The quantitative estimate of drug-likeness (QED) is 0.749. The Hall–Kier alpha value is -1.36. The molecule has 0 unspecified atom stereocenters. The maximum absolute atomic E-state index is 11.0. The summed E-state index contributed by atoms with van der Waals surface area (Å²) in [5, 5.41) is 9.52. The zero-order chi connectivity index (χ0) is 10.6. The molecule has 0 aliphatic carbocycles. The molecular weight excluding hydrogens is 180 g/mol. The molecule has 0 spiro atoms. The normalized spacial score (nSPS) is 10.6. The Kier molecular flexibility index (Phi) is 3.64. The highest BCUT2D eigenvalue weighted by molar-refractivity contribution is 5.89. The van der Waals surface area contributed by atoms with Crippen molar-refractivity contribution in [2.24, 2.45) is 0 Å². The minimum atomic E-state index is -0.0205. The lowest BCUT2D eigenvalue weighted by Crippen LogP contribution is -2.11. The van der Waals surface area contributed by atoms with Crippen LogP contribution in [0.4, 0.5) is 5.82 Å². The molecule has 0 radical (unpaired) electrons. The third-order valence-corrected chi connectivity index (χ3v) is 1.71. The van der Waals surface area contributed by atoms with Crippen LogP contribution in [0.25, 0.3) is 0 Å². The maximum Gasteiger partial charge on any atom is 0.225 e. The number of amides is 1. The number of carbonyl (C=O) groups excluding carboxylic acids is 1. The van der Waals surface area contributed by atoms with E-state index in [2.05, 4.69) is 15.5 Å². The molecule has 0 bridgehead atoms. The monoisotopic (exact) mass is 196 g/mol. The summed E-state index contributed by atoms with van der Waals surface area (Å²) < 4.78 is 0. The van der Waals surface area contributed by atoms with Crippen LogP contribution < -0.4 is 5.32 Å². The first-order chi connectivity index (χ1) is 6.61. The van der Waals surface area contributed by atoms with Crippen molar-refractivity contribution in [3.05, 3.63) is 11.8 Å². The van der Waals surface area contributed by atoms with Crippen LogP contribution in [0.3, 0.4) is 0 Å². The van der Waals surface area contributed by atoms with Crippen molar-refractivity contribution in [3.8, 4) is 0 Å². The summed E-state index contributed by atoms with van der Waals surface area (Å²) in [6, 6.07) is 1.84. The Bertz CT molecular complexity index is 306. The molecule has 0 aliphatic heterocycles. The summed E-state index contributed by atoms with van der Waals surface area (Å²) >= 11 is 0. The van der Waals surface area contributed by atoms with Crippen molar-refractivity contribution in [3.63, 3.8) is 0 Å². The Morgan fingerprint density at radius 3 is 2.93 bits per heavy atom. The van der Waals surface area contributed by atoms with Crippen molar-refractivity contribution in [1.82, 2.24) is 15.1 Å². The largest absolute Gasteiger partial charge is 0.309 e. The van der Waals surface area contributed by atoms with Gasteiger partial charge in [-0.05, 0) is 14.1 Å². The Morgan fingerprint density at radius 1 is 1.64 bits per heavy atom. The van der Waals surface area contributed by atoms with E-state index in [0.29, 0.717) is 12.2 Å². The molecule has 0 aliphatic rings. The zero-order valence-corrected chi connectivity index (χ0v) is 8.79. The van der Waals surface area contributed by atoms with Gasteiger partial charge in [0.15, 0.2) is 5.82 Å². The van der Waals surface area contributed by atoms with E-state index in [1.54, 1.807) is 0 Å². The van der Waals surface area contributed by atoms with Crippen LogP contribution in [0.1, 0.15) is 19.0 Å². The molecule has 1 rings (SSSR count). The molecule has 0 atom stereocenters. The zero-order valence-electron chi connectivity index (χ0n) is 8.79. The second kappa shape index (κ2) is 4.76. The SMILES string of the molecule is CCC(=O)Nc1cc(CN(C)C)[nH]n1. The molecule has 0 saturated carbocycles. The number of carbonyl (C=O) groups is 1. The fourth-order valence-corrected chi connectivity index (χ4v) is 1.08. The molecular formula is C9H16N4O. The Morgan fingerprint density at radius 2 is 2.36 bits per heavy atom. The smallest absolute Gasteiger partial charge is 0.225 e. The number of rotatable bonds is 4. The van der Waals surface area contributed by atoms with Crippen molar-refractivity contribution in [2.75, 3.05) is 19.4 Å². The van der Waals surface area contributed by atoms with Crippen LogP contribution >= 0.6 is 0 Å². The lowest BCUT2D eigenvalue weighted by Gasteiger charge is -2.05. The van der Waals surface area contributed by atoms with Gasteiger partial charge in [-0.2, -0.15) is 5.10 Å². The van der Waals surface area contributed by atoms with E-state index in [1.807, 2.05) is 32.0 Å². The number of hydrogen-bond donors (Lipinski definition) is 2. The molecule has 14 heavy (non-hydrogen) atoms. The van der Waals surface area contributed by atoms with Crippen molar-refractivity contribution in [2.45, 2.75) is 19.9 Å². The topological polar surface area (TPSA) is 61.0 Å². The van der Waals surface area contributed by atoms with Gasteiger partial charge in [-0.15, -0.1) is 0 Å². The molecule has 0 saturated heterocycles. The highest BCUT2D eigenvalue weighted by Gasteiger charge is 2.04. The molecule has 1 aromatic heterocycles. The number of H-pyrrole nitrogens is 1. The number of nitrogens with zero attached hydrogens (tertiary/aromatic N) is 2. The minimum absolute atomic E-state index is 0.0205. The average Bonchev–Trinajstić information content (AvgIpc) is 2.51. The van der Waals surface area contributed by atoms with Gasteiger partial charge in [0.2, 0.25) is 5.91 Å². The molecule has 1 amide bonds. The first-order valence-electron chi connectivity index (χ1n) is 4.60. The Balaban J connectivity index is 2.55. The van der Waals surface area contributed by atoms with Gasteiger partial charge >= 0.3 is 0 Å². The molecule has 0 fully saturated rings. The first kappa shape index (κ1) is 10.7. The lowest BCUT2D eigenvalue weighted by atomic mass is 10.4. The van der Waals surface area contributed by atoms with E-state index in [1.165, 1.54) is 0 Å². The van der Waals surface area contributed by atoms with Crippen LogP contribution in [0.15, 0.2) is 6.07 Å². The number of aromatic nitrogens is 2. The molecule has 78 valence electrons. The van der Waals surface area contributed by atoms with E-state index in [9.17, 15) is 4.79 Å². The summed E-state index contributed by atoms with van der Waals surface area (Å²) in [5.41, 5.74) is 0.987. The molecule has 2 N–H and O–H groups in total. The highest BCUT2D eigenvalue weighted by Crippen LogP contribution is 2.06. The predicted molar refractivity (Wildman–Crippen MR) is 54.9 cm³/mol. The van der Waals surface area contributed by atoms with Crippen LogP contribution in [-0.2, 0) is 11.3 Å². The second-order valence-corrected chi connectivity index (χ2v) is 3.42. The highest BCUT2D eigenvalue weighted by atomic mass is 16.1. The van der Waals surface area contributed by atoms with Crippen molar-refractivity contribution < 1.29 is 4.79 Å². The van der Waals surface area contributed by atoms with E-state index >= 15 is 0 Å². The number of anilines is 1. The van der Waals surface area contributed by atoms with Gasteiger partial charge in [-0.25, -0.2) is 0 Å². The van der Waals surface area contributed by atoms with Crippen molar-refractivity contribution in [1.29, 1.82) is 0 Å². The van der Waals surface area contributed by atoms with Gasteiger partial charge in [-0.1, -0.05) is 6.92 Å². The van der Waals surface area contributed by atoms with Gasteiger partial charge in [0.05, 0.1) is 5.69 Å². The molecule has 1 heterocycles. The van der Waals surface area contributed by atoms with Gasteiger partial charge in [0.1, 0.15) is 0 Å². The van der Waals surface area contributed by atoms with E-state index in [4.69, 9.17) is 0 Å². The van der Waals surface area contributed by atoms with Crippen LogP contribution in [-0.4, -0.2) is 35.1 Å². The third kappa shape index (κ3) is 3.18. The van der Waals surface area contributed by atoms with E-state index in [0.717, 1.165) is 12.2 Å². The van der Waals surface area contributed by atoms with Crippen molar-refractivity contribution >= 4 is 11.7 Å². The standard InChI is InChI=1S/C9H16N4O/c1-4-9(14)10-8-5-7(11-12-8)6-13(2)3/h5H,4,6H2,1-3H3,(H2,10,11,12,14). The summed E-state index contributed by atoms with van der Waals surface area (Å²) in [5.74, 6) is 0.571. The molecule has 5 heteroatoms. The van der Waals surface area contributed by atoms with Crippen LogP contribution in [0.5, 0.6) is 0 Å². The van der Waals surface area contributed by atoms with Crippen LogP contribution in [0, 0.1) is 0 Å². The number of aromatic amines is 1. The van der Waals surface area contributed by atoms with Gasteiger partial charge < -0.3 is 10.2 Å². The summed E-state index contributed by atoms with van der Waals surface area (Å²) in [7, 11) is 3.95. The van der Waals surface area contributed by atoms with E-state index < -0.39 is 0 Å². The summed E-state index contributed by atoms with van der Waals surface area (Å²) in [4.78, 5) is 13.1.